The number of aromatic nitrogens is 1. The fourth-order valence-corrected chi connectivity index (χ4v) is 6.27. The van der Waals surface area contributed by atoms with Gasteiger partial charge in [-0.05, 0) is 66.4 Å². The Balaban J connectivity index is 1.30. The fourth-order valence-electron chi connectivity index (χ4n) is 3.89. The number of hydrogen-bond donors (Lipinski definition) is 3. The van der Waals surface area contributed by atoms with Crippen LogP contribution in [0.2, 0.25) is 0 Å². The van der Waals surface area contributed by atoms with Crippen molar-refractivity contribution in [2.24, 2.45) is 0 Å². The highest BCUT2D eigenvalue weighted by Crippen LogP contribution is 2.37. The van der Waals surface area contributed by atoms with E-state index >= 15 is 0 Å². The van der Waals surface area contributed by atoms with E-state index < -0.39 is 11.2 Å². The van der Waals surface area contributed by atoms with Crippen LogP contribution in [0.1, 0.15) is 31.7 Å². The van der Waals surface area contributed by atoms with Gasteiger partial charge in [0.1, 0.15) is 10.9 Å². The molecule has 2 heterocycles. The summed E-state index contributed by atoms with van der Waals surface area (Å²) < 4.78 is 0. The average molecular weight is 611 g/mol. The molecule has 0 fully saturated rings. The largest absolute Gasteiger partial charge is 0.321 e. The van der Waals surface area contributed by atoms with E-state index in [9.17, 15) is 14.4 Å². The molecule has 3 N–H and O–H groups in total. The van der Waals surface area contributed by atoms with Crippen LogP contribution in [0.25, 0.3) is 6.08 Å². The van der Waals surface area contributed by atoms with E-state index in [-0.39, 0.29) is 17.5 Å². The Hall–Kier alpha value is -4.51. The van der Waals surface area contributed by atoms with Crippen LogP contribution in [0.3, 0.4) is 0 Å². The topological polar surface area (TPSA) is 100 Å². The van der Waals surface area contributed by atoms with Crippen molar-refractivity contribution in [3.63, 3.8) is 0 Å². The fraction of sp³-hybridized carbons (Fsp3) is 0.0625. The summed E-state index contributed by atoms with van der Waals surface area (Å²) in [5.74, 6) is -0.998. The molecule has 1 atom stereocenters. The number of thioether (sulfide) groups is 1. The summed E-state index contributed by atoms with van der Waals surface area (Å²) in [6, 6.07) is 29.3. The zero-order valence-corrected chi connectivity index (χ0v) is 24.9. The zero-order chi connectivity index (χ0) is 29.3. The Bertz CT molecular complexity index is 1680. The molecule has 1 unspecified atom stereocenters. The van der Waals surface area contributed by atoms with Crippen molar-refractivity contribution < 1.29 is 14.4 Å². The molecule has 0 aliphatic carbocycles. The molecule has 0 aliphatic rings. The molecule has 0 saturated carbocycles. The maximum atomic E-state index is 13.3. The van der Waals surface area contributed by atoms with E-state index in [0.29, 0.717) is 16.4 Å². The van der Waals surface area contributed by atoms with Gasteiger partial charge in [-0.2, -0.15) is 0 Å². The SMILES string of the molecule is Cc1csc(NC(=O)C(Sc2ccc(NC(=O)/C(=C/c3cccs3)NC(=O)c3ccccc3)cc2)c2ccccc2)n1. The van der Waals surface area contributed by atoms with Gasteiger partial charge in [-0.15, -0.1) is 34.4 Å². The summed E-state index contributed by atoms with van der Waals surface area (Å²) in [4.78, 5) is 45.4. The van der Waals surface area contributed by atoms with Gasteiger partial charge in [-0.3, -0.25) is 14.4 Å². The smallest absolute Gasteiger partial charge is 0.272 e. The van der Waals surface area contributed by atoms with Crippen LogP contribution >= 0.6 is 34.4 Å². The first-order chi connectivity index (χ1) is 20.4. The second kappa shape index (κ2) is 13.9. The number of hydrogen-bond acceptors (Lipinski definition) is 7. The van der Waals surface area contributed by atoms with E-state index in [1.165, 1.54) is 34.4 Å². The Labute approximate surface area is 255 Å². The van der Waals surface area contributed by atoms with Gasteiger partial charge in [0.25, 0.3) is 11.8 Å². The molecule has 10 heteroatoms. The molecule has 0 bridgehead atoms. The Morgan fingerprint density at radius 1 is 0.833 bits per heavy atom. The third-order valence-electron chi connectivity index (χ3n) is 5.91. The van der Waals surface area contributed by atoms with E-state index in [1.807, 2.05) is 78.3 Å². The van der Waals surface area contributed by atoms with Crippen molar-refractivity contribution in [3.05, 3.63) is 135 Å². The van der Waals surface area contributed by atoms with Crippen LogP contribution in [-0.4, -0.2) is 22.7 Å². The molecule has 42 heavy (non-hydrogen) atoms. The van der Waals surface area contributed by atoms with Crippen LogP contribution in [-0.2, 0) is 9.59 Å². The lowest BCUT2D eigenvalue weighted by atomic mass is 10.1. The predicted octanol–water partition coefficient (Wildman–Crippen LogP) is 7.39. The van der Waals surface area contributed by atoms with Crippen molar-refractivity contribution in [2.45, 2.75) is 17.1 Å². The number of aryl methyl sites for hydroxylation is 1. The van der Waals surface area contributed by atoms with E-state index in [2.05, 4.69) is 20.9 Å². The lowest BCUT2D eigenvalue weighted by Crippen LogP contribution is -2.30. The second-order valence-electron chi connectivity index (χ2n) is 9.06. The molecule has 2 aromatic heterocycles. The minimum absolute atomic E-state index is 0.128. The minimum atomic E-state index is -0.510. The van der Waals surface area contributed by atoms with Gasteiger partial charge in [0, 0.05) is 26.4 Å². The summed E-state index contributed by atoms with van der Waals surface area (Å²) in [5.41, 5.74) is 2.84. The summed E-state index contributed by atoms with van der Waals surface area (Å²) in [6.07, 6.45) is 1.65. The van der Waals surface area contributed by atoms with Crippen molar-refractivity contribution in [3.8, 4) is 0 Å². The molecule has 5 rings (SSSR count). The molecule has 0 spiro atoms. The lowest BCUT2D eigenvalue weighted by molar-refractivity contribution is -0.116. The number of nitrogens with zero attached hydrogens (tertiary/aromatic N) is 1. The summed E-state index contributed by atoms with van der Waals surface area (Å²) in [7, 11) is 0. The molecular weight excluding hydrogens is 585 g/mol. The molecule has 3 aromatic carbocycles. The normalized spacial score (nSPS) is 11.9. The number of amides is 3. The molecule has 0 saturated heterocycles. The van der Waals surface area contributed by atoms with Crippen molar-refractivity contribution in [2.75, 3.05) is 10.6 Å². The van der Waals surface area contributed by atoms with Gasteiger partial charge in [0.2, 0.25) is 5.91 Å². The first-order valence-electron chi connectivity index (χ1n) is 12.9. The van der Waals surface area contributed by atoms with Gasteiger partial charge in [0.15, 0.2) is 5.13 Å². The Morgan fingerprint density at radius 3 is 2.19 bits per heavy atom. The number of carbonyl (C=O) groups excluding carboxylic acids is 3. The summed E-state index contributed by atoms with van der Waals surface area (Å²) in [5, 5.41) is 12.4. The summed E-state index contributed by atoms with van der Waals surface area (Å²) >= 11 is 4.25. The van der Waals surface area contributed by atoms with E-state index in [4.69, 9.17) is 0 Å². The molecule has 5 aromatic rings. The standard InChI is InChI=1S/C32H26N4O3S3/c1-21-20-41-32(33-21)36-31(39)28(22-9-4-2-5-10-22)42-25-16-14-24(15-17-25)34-30(38)27(19-26-13-8-18-40-26)35-29(37)23-11-6-3-7-12-23/h2-20,28H,1H3,(H,34,38)(H,35,37)(H,33,36,39)/b27-19-. The van der Waals surface area contributed by atoms with Crippen LogP contribution in [0.4, 0.5) is 10.8 Å². The van der Waals surface area contributed by atoms with Gasteiger partial charge in [0.05, 0.1) is 5.69 Å². The highest BCUT2D eigenvalue weighted by Gasteiger charge is 2.23. The predicted molar refractivity (Wildman–Crippen MR) is 172 cm³/mol. The number of thiophene rings is 1. The Morgan fingerprint density at radius 2 is 1.55 bits per heavy atom. The number of carbonyl (C=O) groups is 3. The molecule has 7 nitrogen and oxygen atoms in total. The van der Waals surface area contributed by atoms with E-state index in [1.54, 1.807) is 42.5 Å². The van der Waals surface area contributed by atoms with Gasteiger partial charge in [-0.25, -0.2) is 4.98 Å². The quantitative estimate of drug-likeness (QED) is 0.113. The van der Waals surface area contributed by atoms with Crippen LogP contribution in [0, 0.1) is 6.92 Å². The number of rotatable bonds is 10. The van der Waals surface area contributed by atoms with Crippen molar-refractivity contribution in [1.82, 2.24) is 10.3 Å². The number of benzene rings is 3. The first kappa shape index (κ1) is 29.0. The van der Waals surface area contributed by atoms with Crippen LogP contribution < -0.4 is 16.0 Å². The van der Waals surface area contributed by atoms with Crippen molar-refractivity contribution in [1.29, 1.82) is 0 Å². The van der Waals surface area contributed by atoms with Gasteiger partial charge >= 0.3 is 0 Å². The third kappa shape index (κ3) is 7.82. The number of anilines is 2. The van der Waals surface area contributed by atoms with Crippen molar-refractivity contribution >= 4 is 69.1 Å². The zero-order valence-electron chi connectivity index (χ0n) is 22.4. The first-order valence-corrected chi connectivity index (χ1v) is 15.6. The monoisotopic (exact) mass is 610 g/mol. The maximum Gasteiger partial charge on any atom is 0.272 e. The summed E-state index contributed by atoms with van der Waals surface area (Å²) in [6.45, 7) is 1.88. The average Bonchev–Trinajstić information content (AvgIpc) is 3.68. The Kier molecular flexibility index (Phi) is 9.60. The van der Waals surface area contributed by atoms with E-state index in [0.717, 1.165) is 21.0 Å². The number of nitrogens with one attached hydrogen (secondary N) is 3. The molecule has 3 amide bonds. The van der Waals surface area contributed by atoms with Gasteiger partial charge in [-0.1, -0.05) is 54.6 Å². The highest BCUT2D eigenvalue weighted by molar-refractivity contribution is 8.00. The van der Waals surface area contributed by atoms with Crippen LogP contribution in [0.15, 0.2) is 118 Å². The molecule has 0 radical (unpaired) electrons. The highest BCUT2D eigenvalue weighted by atomic mass is 32.2. The minimum Gasteiger partial charge on any atom is -0.321 e. The maximum absolute atomic E-state index is 13.3. The van der Waals surface area contributed by atoms with Crippen LogP contribution in [0.5, 0.6) is 0 Å². The lowest BCUT2D eigenvalue weighted by Gasteiger charge is -2.16. The number of thiazole rings is 1. The molecule has 0 aliphatic heterocycles. The molecular formula is C32H26N4O3S3. The molecule has 210 valence electrons. The third-order valence-corrected chi connectivity index (χ3v) is 8.88. The van der Waals surface area contributed by atoms with Gasteiger partial charge < -0.3 is 16.0 Å². The second-order valence-corrected chi connectivity index (χ2v) is 12.1.